The van der Waals surface area contributed by atoms with E-state index in [1.807, 2.05) is 24.6 Å². The van der Waals surface area contributed by atoms with Crippen molar-refractivity contribution >= 4 is 17.3 Å². The van der Waals surface area contributed by atoms with Gasteiger partial charge in [0.05, 0.1) is 5.01 Å². The average molecular weight is 366 g/mol. The maximum absolute atomic E-state index is 4.46. The van der Waals surface area contributed by atoms with Crippen molar-refractivity contribution in [3.05, 3.63) is 16.1 Å². The number of nitrogens with zero attached hydrogens (tertiary/aromatic N) is 3. The molecule has 0 aromatic carbocycles. The van der Waals surface area contributed by atoms with Crippen LogP contribution in [0.5, 0.6) is 0 Å². The number of nitrogens with one attached hydrogen (secondary N) is 2. The number of thiazole rings is 1. The molecule has 2 N–H and O–H groups in total. The molecule has 1 fully saturated rings. The molecule has 0 saturated carbocycles. The maximum Gasteiger partial charge on any atom is 0.190 e. The minimum atomic E-state index is 0.838. The molecule has 1 aliphatic heterocycles. The lowest BCUT2D eigenvalue weighted by atomic mass is 9.92. The normalized spacial score (nSPS) is 22.2. The molecule has 2 unspecified atom stereocenters. The van der Waals surface area contributed by atoms with Crippen LogP contribution in [-0.4, -0.2) is 55.6 Å². The molecule has 1 aromatic heterocycles. The summed E-state index contributed by atoms with van der Waals surface area (Å²) in [5.74, 6) is 2.57. The predicted molar refractivity (Wildman–Crippen MR) is 109 cm³/mol. The summed E-state index contributed by atoms with van der Waals surface area (Å²) in [5, 5.41) is 8.02. The lowest BCUT2D eigenvalue weighted by molar-refractivity contribution is 0.140. The summed E-state index contributed by atoms with van der Waals surface area (Å²) in [5.41, 5.74) is 0. The number of guanidine groups is 1. The molecule has 2 heterocycles. The molecular weight excluding hydrogens is 330 g/mol. The SMILES string of the molecule is CCc1cnc(CCNC(=NC)NCCCN2CC(C)CC(C)C2)s1. The van der Waals surface area contributed by atoms with Crippen LogP contribution < -0.4 is 10.6 Å². The third kappa shape index (κ3) is 7.32. The van der Waals surface area contributed by atoms with Crippen molar-refractivity contribution in [3.8, 4) is 0 Å². The van der Waals surface area contributed by atoms with E-state index < -0.39 is 0 Å². The van der Waals surface area contributed by atoms with Crippen molar-refractivity contribution in [2.45, 2.75) is 46.5 Å². The second-order valence-corrected chi connectivity index (χ2v) is 8.51. The summed E-state index contributed by atoms with van der Waals surface area (Å²) >= 11 is 1.81. The summed E-state index contributed by atoms with van der Waals surface area (Å²) in [7, 11) is 1.84. The lowest BCUT2D eigenvalue weighted by Gasteiger charge is -2.35. The Kier molecular flexibility index (Phi) is 8.68. The van der Waals surface area contributed by atoms with Crippen molar-refractivity contribution in [1.82, 2.24) is 20.5 Å². The standard InChI is InChI=1S/C19H35N5S/c1-5-17-12-23-18(25-17)7-9-22-19(20-4)21-8-6-10-24-13-15(2)11-16(3)14-24/h12,15-16H,5-11,13-14H2,1-4H3,(H2,20,21,22). The minimum Gasteiger partial charge on any atom is -0.356 e. The summed E-state index contributed by atoms with van der Waals surface area (Å²) < 4.78 is 0. The first-order valence-corrected chi connectivity index (χ1v) is 10.5. The molecule has 142 valence electrons. The highest BCUT2D eigenvalue weighted by Crippen LogP contribution is 2.20. The van der Waals surface area contributed by atoms with Crippen LogP contribution in [0.15, 0.2) is 11.2 Å². The van der Waals surface area contributed by atoms with E-state index in [4.69, 9.17) is 0 Å². The van der Waals surface area contributed by atoms with Crippen molar-refractivity contribution in [2.24, 2.45) is 16.8 Å². The first kappa shape index (κ1) is 20.2. The molecular formula is C19H35N5S. The van der Waals surface area contributed by atoms with Gasteiger partial charge in [0, 0.05) is 50.7 Å². The molecule has 1 aliphatic rings. The Hall–Kier alpha value is -1.14. The third-order valence-corrected chi connectivity index (χ3v) is 5.89. The molecule has 0 amide bonds. The van der Waals surface area contributed by atoms with Gasteiger partial charge in [-0.2, -0.15) is 0 Å². The predicted octanol–water partition coefficient (Wildman–Crippen LogP) is 2.78. The first-order valence-electron chi connectivity index (χ1n) is 9.71. The second-order valence-electron chi connectivity index (χ2n) is 7.31. The van der Waals surface area contributed by atoms with Crippen LogP contribution in [0.1, 0.15) is 43.5 Å². The van der Waals surface area contributed by atoms with Gasteiger partial charge in [0.1, 0.15) is 0 Å². The number of piperidine rings is 1. The Morgan fingerprint density at radius 1 is 1.28 bits per heavy atom. The van der Waals surface area contributed by atoms with Gasteiger partial charge >= 0.3 is 0 Å². The highest BCUT2D eigenvalue weighted by Gasteiger charge is 2.20. The van der Waals surface area contributed by atoms with Crippen LogP contribution in [0.3, 0.4) is 0 Å². The van der Waals surface area contributed by atoms with Gasteiger partial charge in [-0.3, -0.25) is 4.99 Å². The average Bonchev–Trinajstić information content (AvgIpc) is 3.04. The third-order valence-electron chi connectivity index (χ3n) is 4.69. The Morgan fingerprint density at radius 3 is 2.64 bits per heavy atom. The fourth-order valence-electron chi connectivity index (χ4n) is 3.62. The van der Waals surface area contributed by atoms with E-state index in [1.165, 1.54) is 35.9 Å². The van der Waals surface area contributed by atoms with E-state index in [9.17, 15) is 0 Å². The maximum atomic E-state index is 4.46. The topological polar surface area (TPSA) is 52.6 Å². The Labute approximate surface area is 157 Å². The van der Waals surface area contributed by atoms with Gasteiger partial charge in [-0.25, -0.2) is 4.98 Å². The summed E-state index contributed by atoms with van der Waals surface area (Å²) in [6.07, 6.45) is 6.56. The van der Waals surface area contributed by atoms with E-state index in [0.717, 1.165) is 50.1 Å². The van der Waals surface area contributed by atoms with Crippen LogP contribution in [0.2, 0.25) is 0 Å². The second kappa shape index (κ2) is 10.8. The molecule has 0 bridgehead atoms. The Bertz CT molecular complexity index is 518. The Morgan fingerprint density at radius 2 is 2.00 bits per heavy atom. The molecule has 25 heavy (non-hydrogen) atoms. The molecule has 6 heteroatoms. The minimum absolute atomic E-state index is 0.838. The van der Waals surface area contributed by atoms with Gasteiger partial charge in [-0.15, -0.1) is 11.3 Å². The molecule has 0 radical (unpaired) electrons. The van der Waals surface area contributed by atoms with E-state index >= 15 is 0 Å². The monoisotopic (exact) mass is 365 g/mol. The molecule has 5 nitrogen and oxygen atoms in total. The van der Waals surface area contributed by atoms with Crippen LogP contribution in [0.25, 0.3) is 0 Å². The highest BCUT2D eigenvalue weighted by atomic mass is 32.1. The Balaban J connectivity index is 1.58. The molecule has 2 rings (SSSR count). The van der Waals surface area contributed by atoms with Crippen molar-refractivity contribution in [1.29, 1.82) is 0 Å². The number of rotatable bonds is 8. The zero-order valence-corrected chi connectivity index (χ0v) is 17.2. The fourth-order valence-corrected chi connectivity index (χ4v) is 4.48. The molecule has 0 aliphatic carbocycles. The summed E-state index contributed by atoms with van der Waals surface area (Å²) in [6.45, 7) is 12.4. The molecule has 0 spiro atoms. The van der Waals surface area contributed by atoms with E-state index in [2.05, 4.69) is 46.3 Å². The van der Waals surface area contributed by atoms with Gasteiger partial charge in [0.15, 0.2) is 5.96 Å². The van der Waals surface area contributed by atoms with Crippen molar-refractivity contribution in [3.63, 3.8) is 0 Å². The van der Waals surface area contributed by atoms with E-state index in [0.29, 0.717) is 0 Å². The first-order chi connectivity index (χ1) is 12.1. The van der Waals surface area contributed by atoms with Crippen LogP contribution in [0.4, 0.5) is 0 Å². The van der Waals surface area contributed by atoms with Gasteiger partial charge in [0.25, 0.3) is 0 Å². The number of aromatic nitrogens is 1. The van der Waals surface area contributed by atoms with Gasteiger partial charge < -0.3 is 15.5 Å². The van der Waals surface area contributed by atoms with Crippen LogP contribution in [0, 0.1) is 11.8 Å². The zero-order valence-electron chi connectivity index (χ0n) is 16.3. The summed E-state index contributed by atoms with van der Waals surface area (Å²) in [6, 6.07) is 0. The molecule has 1 saturated heterocycles. The smallest absolute Gasteiger partial charge is 0.190 e. The van der Waals surface area contributed by atoms with Gasteiger partial charge in [0.2, 0.25) is 0 Å². The molecule has 1 aromatic rings. The fraction of sp³-hybridized carbons (Fsp3) is 0.789. The van der Waals surface area contributed by atoms with Crippen LogP contribution in [-0.2, 0) is 12.8 Å². The summed E-state index contributed by atoms with van der Waals surface area (Å²) in [4.78, 5) is 12.8. The number of hydrogen-bond donors (Lipinski definition) is 2. The number of likely N-dealkylation sites (tertiary alicyclic amines) is 1. The number of aliphatic imine (C=N–C) groups is 1. The largest absolute Gasteiger partial charge is 0.356 e. The van der Waals surface area contributed by atoms with E-state index in [-0.39, 0.29) is 0 Å². The van der Waals surface area contributed by atoms with Crippen molar-refractivity contribution < 1.29 is 0 Å². The highest BCUT2D eigenvalue weighted by molar-refractivity contribution is 7.11. The number of aryl methyl sites for hydroxylation is 1. The van der Waals surface area contributed by atoms with Gasteiger partial charge in [-0.1, -0.05) is 20.8 Å². The molecule has 2 atom stereocenters. The number of hydrogen-bond acceptors (Lipinski definition) is 4. The zero-order chi connectivity index (χ0) is 18.1. The lowest BCUT2D eigenvalue weighted by Crippen LogP contribution is -2.42. The van der Waals surface area contributed by atoms with Crippen LogP contribution >= 0.6 is 11.3 Å². The quantitative estimate of drug-likeness (QED) is 0.423. The van der Waals surface area contributed by atoms with Gasteiger partial charge in [-0.05, 0) is 37.6 Å². The van der Waals surface area contributed by atoms with Crippen molar-refractivity contribution in [2.75, 3.05) is 39.8 Å². The van der Waals surface area contributed by atoms with E-state index in [1.54, 1.807) is 0 Å².